The third-order valence-electron chi connectivity index (χ3n) is 4.18. The Hall–Kier alpha value is -3.27. The average Bonchev–Trinajstić information content (AvgIpc) is 3.40. The molecule has 0 spiro atoms. The quantitative estimate of drug-likeness (QED) is 0.619. The van der Waals surface area contributed by atoms with Gasteiger partial charge < -0.3 is 10.6 Å². The van der Waals surface area contributed by atoms with E-state index in [4.69, 9.17) is 11.6 Å². The van der Waals surface area contributed by atoms with Crippen molar-refractivity contribution < 1.29 is 9.59 Å². The van der Waals surface area contributed by atoms with Gasteiger partial charge in [-0.1, -0.05) is 17.7 Å². The highest BCUT2D eigenvalue weighted by molar-refractivity contribution is 6.33. The van der Waals surface area contributed by atoms with Crippen molar-refractivity contribution in [2.24, 2.45) is 0 Å². The topological polar surface area (TPSA) is 120 Å². The van der Waals surface area contributed by atoms with Gasteiger partial charge in [-0.15, -0.1) is 0 Å². The van der Waals surface area contributed by atoms with Crippen molar-refractivity contribution in [3.05, 3.63) is 54.1 Å². The van der Waals surface area contributed by atoms with Gasteiger partial charge >= 0.3 is 0 Å². The van der Waals surface area contributed by atoms with Gasteiger partial charge in [0.05, 0.1) is 10.7 Å². The number of hydrogen-bond donors (Lipinski definition) is 2. The van der Waals surface area contributed by atoms with Gasteiger partial charge in [0.2, 0.25) is 11.8 Å². The summed E-state index contributed by atoms with van der Waals surface area (Å²) in [6, 6.07) is 4.12. The summed E-state index contributed by atoms with van der Waals surface area (Å²) in [5.41, 5.74) is 1.24. The first-order valence-electron chi connectivity index (χ1n) is 8.51. The maximum atomic E-state index is 12.4. The molecule has 0 aliphatic rings. The molecule has 0 radical (unpaired) electrons. The molecule has 2 amide bonds. The minimum Gasteiger partial charge on any atom is -0.350 e. The number of amides is 2. The SMILES string of the molecule is CC(C(=O)NCc1ccc(Cl)c(NC(=O)C(C)n2cncn2)c1)n1cncn1. The first kappa shape index (κ1) is 19.5. The molecule has 0 aliphatic heterocycles. The van der Waals surface area contributed by atoms with Crippen LogP contribution in [0.25, 0.3) is 0 Å². The van der Waals surface area contributed by atoms with E-state index in [1.54, 1.807) is 32.0 Å². The minimum absolute atomic E-state index is 0.203. The van der Waals surface area contributed by atoms with Crippen molar-refractivity contribution in [2.75, 3.05) is 5.32 Å². The lowest BCUT2D eigenvalue weighted by atomic mass is 10.2. The minimum atomic E-state index is -0.551. The molecule has 2 unspecified atom stereocenters. The second-order valence-electron chi connectivity index (χ2n) is 6.12. The third kappa shape index (κ3) is 4.52. The van der Waals surface area contributed by atoms with Gasteiger partial charge in [-0.05, 0) is 31.5 Å². The van der Waals surface area contributed by atoms with E-state index in [-0.39, 0.29) is 18.4 Å². The van der Waals surface area contributed by atoms with Crippen molar-refractivity contribution in [2.45, 2.75) is 32.5 Å². The van der Waals surface area contributed by atoms with Crippen molar-refractivity contribution in [1.82, 2.24) is 34.8 Å². The molecule has 1 aromatic carbocycles. The molecular formula is C17H19ClN8O2. The fourth-order valence-corrected chi connectivity index (χ4v) is 2.59. The highest BCUT2D eigenvalue weighted by atomic mass is 35.5. The molecule has 28 heavy (non-hydrogen) atoms. The lowest BCUT2D eigenvalue weighted by Crippen LogP contribution is -2.31. The molecule has 2 N–H and O–H groups in total. The van der Waals surface area contributed by atoms with Crippen molar-refractivity contribution in [3.63, 3.8) is 0 Å². The maximum Gasteiger partial charge on any atom is 0.249 e. The lowest BCUT2D eigenvalue weighted by molar-refractivity contribution is -0.124. The van der Waals surface area contributed by atoms with Crippen LogP contribution in [0.15, 0.2) is 43.5 Å². The molecule has 0 saturated carbocycles. The Morgan fingerprint density at radius 1 is 1.04 bits per heavy atom. The molecule has 0 fully saturated rings. The number of nitrogens with one attached hydrogen (secondary N) is 2. The normalized spacial score (nSPS) is 13.0. The largest absolute Gasteiger partial charge is 0.350 e. The van der Waals surface area contributed by atoms with Crippen LogP contribution in [0.2, 0.25) is 5.02 Å². The highest BCUT2D eigenvalue weighted by Gasteiger charge is 2.18. The van der Waals surface area contributed by atoms with Gasteiger partial charge in [-0.2, -0.15) is 10.2 Å². The van der Waals surface area contributed by atoms with Crippen LogP contribution in [0.1, 0.15) is 31.5 Å². The molecule has 146 valence electrons. The summed E-state index contributed by atoms with van der Waals surface area (Å²) in [6.07, 6.45) is 5.68. The van der Waals surface area contributed by atoms with Gasteiger partial charge in [0.15, 0.2) is 0 Å². The predicted molar refractivity (Wildman–Crippen MR) is 101 cm³/mol. The van der Waals surface area contributed by atoms with E-state index in [1.807, 2.05) is 0 Å². The highest BCUT2D eigenvalue weighted by Crippen LogP contribution is 2.24. The molecule has 0 aliphatic carbocycles. The number of halogens is 1. The Labute approximate surface area is 165 Å². The molecule has 2 atom stereocenters. The zero-order valence-corrected chi connectivity index (χ0v) is 16.0. The van der Waals surface area contributed by atoms with Crippen LogP contribution in [0.5, 0.6) is 0 Å². The third-order valence-corrected chi connectivity index (χ3v) is 4.51. The molecule has 10 nitrogen and oxygen atoms in total. The van der Waals surface area contributed by atoms with Crippen molar-refractivity contribution in [1.29, 1.82) is 0 Å². The van der Waals surface area contributed by atoms with Crippen LogP contribution < -0.4 is 10.6 Å². The fraction of sp³-hybridized carbons (Fsp3) is 0.294. The monoisotopic (exact) mass is 402 g/mol. The van der Waals surface area contributed by atoms with E-state index in [2.05, 4.69) is 30.8 Å². The summed E-state index contributed by atoms with van der Waals surface area (Å²) in [5.74, 6) is -0.487. The molecule has 0 bridgehead atoms. The molecule has 11 heteroatoms. The number of benzene rings is 1. The number of carbonyl (C=O) groups excluding carboxylic acids is 2. The van der Waals surface area contributed by atoms with E-state index in [1.165, 1.54) is 34.7 Å². The lowest BCUT2D eigenvalue weighted by Gasteiger charge is -2.15. The van der Waals surface area contributed by atoms with Gasteiger partial charge in [0.25, 0.3) is 0 Å². The number of anilines is 1. The Balaban J connectivity index is 1.63. The van der Waals surface area contributed by atoms with Crippen LogP contribution in [0.3, 0.4) is 0 Å². The molecule has 0 saturated heterocycles. The summed E-state index contributed by atoms with van der Waals surface area (Å²) in [5, 5.41) is 13.9. The zero-order valence-electron chi connectivity index (χ0n) is 15.3. The number of rotatable bonds is 7. The van der Waals surface area contributed by atoms with Crippen LogP contribution in [0.4, 0.5) is 5.69 Å². The maximum absolute atomic E-state index is 12.4. The van der Waals surface area contributed by atoms with Gasteiger partial charge in [0.1, 0.15) is 37.4 Å². The number of nitrogens with zero attached hydrogens (tertiary/aromatic N) is 6. The molecular weight excluding hydrogens is 384 g/mol. The van der Waals surface area contributed by atoms with E-state index < -0.39 is 12.1 Å². The summed E-state index contributed by atoms with van der Waals surface area (Å²) >= 11 is 6.20. The molecule has 3 rings (SSSR count). The van der Waals surface area contributed by atoms with Gasteiger partial charge in [0, 0.05) is 6.54 Å². The van der Waals surface area contributed by atoms with Crippen LogP contribution in [-0.4, -0.2) is 41.3 Å². The Bertz CT molecular complexity index is 942. The van der Waals surface area contributed by atoms with Gasteiger partial charge in [-0.25, -0.2) is 19.3 Å². The summed E-state index contributed by atoms with van der Waals surface area (Å²) in [7, 11) is 0. The number of hydrogen-bond acceptors (Lipinski definition) is 6. The summed E-state index contributed by atoms with van der Waals surface area (Å²) in [4.78, 5) is 32.3. The van der Waals surface area contributed by atoms with E-state index in [9.17, 15) is 9.59 Å². The van der Waals surface area contributed by atoms with Crippen molar-refractivity contribution >= 4 is 29.1 Å². The molecule has 2 aromatic heterocycles. The Kier molecular flexibility index (Phi) is 5.99. The first-order chi connectivity index (χ1) is 13.5. The van der Waals surface area contributed by atoms with Crippen LogP contribution in [-0.2, 0) is 16.1 Å². The van der Waals surface area contributed by atoms with Crippen LogP contribution in [0, 0.1) is 0 Å². The fourth-order valence-electron chi connectivity index (χ4n) is 2.43. The summed E-state index contributed by atoms with van der Waals surface area (Å²) in [6.45, 7) is 3.70. The standard InChI is InChI=1S/C17H19ClN8O2/c1-11(25-9-19-7-22-25)16(27)21-6-13-3-4-14(18)15(5-13)24-17(28)12(2)26-10-20-8-23-26/h3-5,7-12H,6H2,1-2H3,(H,21,27)(H,24,28). The van der Waals surface area contributed by atoms with E-state index in [0.29, 0.717) is 10.7 Å². The first-order valence-corrected chi connectivity index (χ1v) is 8.88. The average molecular weight is 403 g/mol. The van der Waals surface area contributed by atoms with Crippen LogP contribution >= 0.6 is 11.6 Å². The predicted octanol–water partition coefficient (Wildman–Crippen LogP) is 1.60. The molecule has 3 aromatic rings. The Morgan fingerprint density at radius 3 is 2.21 bits per heavy atom. The van der Waals surface area contributed by atoms with Gasteiger partial charge in [-0.3, -0.25) is 9.59 Å². The second kappa shape index (κ2) is 8.61. The molecule has 2 heterocycles. The van der Waals surface area contributed by atoms with E-state index in [0.717, 1.165) is 5.56 Å². The second-order valence-corrected chi connectivity index (χ2v) is 6.53. The number of aromatic nitrogens is 6. The summed E-state index contributed by atoms with van der Waals surface area (Å²) < 4.78 is 2.91. The number of carbonyl (C=O) groups is 2. The Morgan fingerprint density at radius 2 is 1.64 bits per heavy atom. The smallest absolute Gasteiger partial charge is 0.249 e. The zero-order chi connectivity index (χ0) is 20.1. The van der Waals surface area contributed by atoms with Crippen molar-refractivity contribution in [3.8, 4) is 0 Å². The van der Waals surface area contributed by atoms with E-state index >= 15 is 0 Å².